The van der Waals surface area contributed by atoms with Gasteiger partial charge in [0.15, 0.2) is 11.5 Å². The molecule has 3 rings (SSSR count). The minimum atomic E-state index is -0.396. The molecule has 0 bridgehead atoms. The second kappa shape index (κ2) is 6.44. The molecule has 0 saturated carbocycles. The SMILES string of the molecule is CC(=O)c1cccc(NC(=O)c2oc3c(c2C)/C(=N\O)CC(C)(C)C3)c1. The van der Waals surface area contributed by atoms with Gasteiger partial charge in [0, 0.05) is 28.8 Å². The number of furan rings is 1. The zero-order valence-electron chi connectivity index (χ0n) is 15.3. The molecular formula is C20H22N2O4. The zero-order chi connectivity index (χ0) is 19.1. The Labute approximate surface area is 151 Å². The molecular weight excluding hydrogens is 332 g/mol. The van der Waals surface area contributed by atoms with E-state index in [0.29, 0.717) is 41.1 Å². The number of rotatable bonds is 3. The van der Waals surface area contributed by atoms with Crippen LogP contribution in [0.2, 0.25) is 0 Å². The van der Waals surface area contributed by atoms with Crippen LogP contribution in [-0.2, 0) is 6.42 Å². The number of hydrogen-bond donors (Lipinski definition) is 2. The fraction of sp³-hybridized carbons (Fsp3) is 0.350. The van der Waals surface area contributed by atoms with Crippen LogP contribution in [0.15, 0.2) is 33.8 Å². The van der Waals surface area contributed by atoms with Gasteiger partial charge in [0.2, 0.25) is 0 Å². The topological polar surface area (TPSA) is 91.9 Å². The number of fused-ring (bicyclic) bond motifs is 1. The molecule has 2 aromatic rings. The smallest absolute Gasteiger partial charge is 0.291 e. The standard InChI is InChI=1S/C20H22N2O4/c1-11-17-15(22-25)9-20(3,4)10-16(17)26-18(11)19(24)21-14-7-5-6-13(8-14)12(2)23/h5-8,25H,9-10H2,1-4H3,(H,21,24)/b22-15-. The first-order chi connectivity index (χ1) is 12.2. The molecule has 6 heteroatoms. The summed E-state index contributed by atoms with van der Waals surface area (Å²) in [5.41, 5.74) is 2.85. The maximum absolute atomic E-state index is 12.7. The van der Waals surface area contributed by atoms with Crippen LogP contribution in [0.25, 0.3) is 0 Å². The highest BCUT2D eigenvalue weighted by Gasteiger charge is 2.36. The Hall–Kier alpha value is -2.89. The minimum absolute atomic E-state index is 0.0724. The lowest BCUT2D eigenvalue weighted by Crippen LogP contribution is -2.27. The Morgan fingerprint density at radius 2 is 2.00 bits per heavy atom. The Balaban J connectivity index is 1.94. The molecule has 0 radical (unpaired) electrons. The van der Waals surface area contributed by atoms with Crippen molar-refractivity contribution in [3.05, 3.63) is 52.5 Å². The van der Waals surface area contributed by atoms with Crippen molar-refractivity contribution in [3.63, 3.8) is 0 Å². The van der Waals surface area contributed by atoms with Crippen molar-refractivity contribution in [2.45, 2.75) is 40.5 Å². The van der Waals surface area contributed by atoms with Crippen LogP contribution in [0.1, 0.15) is 65.0 Å². The van der Waals surface area contributed by atoms with Gasteiger partial charge in [-0.05, 0) is 37.8 Å². The van der Waals surface area contributed by atoms with Gasteiger partial charge in [-0.2, -0.15) is 0 Å². The average molecular weight is 354 g/mol. The Kier molecular flexibility index (Phi) is 4.44. The number of amides is 1. The number of ketones is 1. The van der Waals surface area contributed by atoms with Gasteiger partial charge in [-0.1, -0.05) is 31.1 Å². The molecule has 0 spiro atoms. The van der Waals surface area contributed by atoms with Crippen LogP contribution in [0.3, 0.4) is 0 Å². The first kappa shape index (κ1) is 17.9. The molecule has 0 aliphatic heterocycles. The summed E-state index contributed by atoms with van der Waals surface area (Å²) >= 11 is 0. The fourth-order valence-corrected chi connectivity index (χ4v) is 3.42. The molecule has 0 atom stereocenters. The van der Waals surface area contributed by atoms with Crippen molar-refractivity contribution in [1.82, 2.24) is 0 Å². The molecule has 1 aliphatic carbocycles. The quantitative estimate of drug-likeness (QED) is 0.491. The first-order valence-corrected chi connectivity index (χ1v) is 8.48. The second-order valence-electron chi connectivity index (χ2n) is 7.51. The summed E-state index contributed by atoms with van der Waals surface area (Å²) in [6.07, 6.45) is 1.27. The Morgan fingerprint density at radius 3 is 2.65 bits per heavy atom. The van der Waals surface area contributed by atoms with E-state index in [1.54, 1.807) is 31.2 Å². The van der Waals surface area contributed by atoms with E-state index in [0.717, 1.165) is 5.56 Å². The highest BCUT2D eigenvalue weighted by atomic mass is 16.4. The van der Waals surface area contributed by atoms with E-state index in [1.807, 2.05) is 0 Å². The summed E-state index contributed by atoms with van der Waals surface area (Å²) in [6.45, 7) is 7.38. The van der Waals surface area contributed by atoms with E-state index in [2.05, 4.69) is 24.3 Å². The number of nitrogens with zero attached hydrogens (tertiary/aromatic N) is 1. The van der Waals surface area contributed by atoms with E-state index < -0.39 is 5.91 Å². The second-order valence-corrected chi connectivity index (χ2v) is 7.51. The maximum Gasteiger partial charge on any atom is 0.291 e. The number of carbonyl (C=O) groups excluding carboxylic acids is 2. The number of hydrogen-bond acceptors (Lipinski definition) is 5. The van der Waals surface area contributed by atoms with E-state index in [-0.39, 0.29) is 17.0 Å². The molecule has 0 saturated heterocycles. The highest BCUT2D eigenvalue weighted by molar-refractivity contribution is 6.09. The summed E-state index contributed by atoms with van der Waals surface area (Å²) in [4.78, 5) is 24.2. The number of anilines is 1. The van der Waals surface area contributed by atoms with Crippen molar-refractivity contribution >= 4 is 23.1 Å². The third-order valence-electron chi connectivity index (χ3n) is 4.65. The van der Waals surface area contributed by atoms with E-state index in [9.17, 15) is 14.8 Å². The lowest BCUT2D eigenvalue weighted by Gasteiger charge is -2.28. The van der Waals surface area contributed by atoms with Crippen LogP contribution >= 0.6 is 0 Å². The number of carbonyl (C=O) groups is 2. The summed E-state index contributed by atoms with van der Waals surface area (Å²) in [5.74, 6) is 0.390. The maximum atomic E-state index is 12.7. The monoisotopic (exact) mass is 354 g/mol. The van der Waals surface area contributed by atoms with Crippen LogP contribution in [0, 0.1) is 12.3 Å². The van der Waals surface area contributed by atoms with Crippen molar-refractivity contribution in [3.8, 4) is 0 Å². The lowest BCUT2D eigenvalue weighted by atomic mass is 9.75. The highest BCUT2D eigenvalue weighted by Crippen LogP contribution is 2.38. The van der Waals surface area contributed by atoms with Gasteiger partial charge in [0.05, 0.1) is 5.71 Å². The van der Waals surface area contributed by atoms with Crippen LogP contribution in [0.4, 0.5) is 5.69 Å². The predicted molar refractivity (Wildman–Crippen MR) is 98.3 cm³/mol. The Bertz CT molecular complexity index is 922. The van der Waals surface area contributed by atoms with Crippen molar-refractivity contribution < 1.29 is 19.2 Å². The van der Waals surface area contributed by atoms with Gasteiger partial charge in [-0.3, -0.25) is 9.59 Å². The average Bonchev–Trinajstić information content (AvgIpc) is 2.89. The van der Waals surface area contributed by atoms with Crippen molar-refractivity contribution in [2.24, 2.45) is 10.6 Å². The normalized spacial score (nSPS) is 17.0. The summed E-state index contributed by atoms with van der Waals surface area (Å²) in [5, 5.41) is 15.6. The van der Waals surface area contributed by atoms with Crippen molar-refractivity contribution in [2.75, 3.05) is 5.32 Å². The number of Topliss-reactive ketones (excluding diaryl/α,β-unsaturated/α-hetero) is 1. The molecule has 1 aliphatic rings. The third-order valence-corrected chi connectivity index (χ3v) is 4.65. The van der Waals surface area contributed by atoms with Crippen LogP contribution in [-0.4, -0.2) is 22.6 Å². The summed E-state index contributed by atoms with van der Waals surface area (Å²) < 4.78 is 5.85. The molecule has 1 amide bonds. The van der Waals surface area contributed by atoms with E-state index in [1.165, 1.54) is 6.92 Å². The molecule has 0 fully saturated rings. The van der Waals surface area contributed by atoms with Gasteiger partial charge >= 0.3 is 0 Å². The zero-order valence-corrected chi connectivity index (χ0v) is 15.3. The van der Waals surface area contributed by atoms with Crippen molar-refractivity contribution in [1.29, 1.82) is 0 Å². The van der Waals surface area contributed by atoms with E-state index in [4.69, 9.17) is 4.42 Å². The molecule has 26 heavy (non-hydrogen) atoms. The van der Waals surface area contributed by atoms with Crippen LogP contribution < -0.4 is 5.32 Å². The lowest BCUT2D eigenvalue weighted by molar-refractivity contribution is 0.0989. The van der Waals surface area contributed by atoms with Gasteiger partial charge in [-0.25, -0.2) is 0 Å². The van der Waals surface area contributed by atoms with Gasteiger partial charge in [0.1, 0.15) is 5.76 Å². The largest absolute Gasteiger partial charge is 0.455 e. The minimum Gasteiger partial charge on any atom is -0.455 e. The van der Waals surface area contributed by atoms with Gasteiger partial charge in [0.25, 0.3) is 5.91 Å². The fourth-order valence-electron chi connectivity index (χ4n) is 3.42. The number of oxime groups is 1. The van der Waals surface area contributed by atoms with Crippen LogP contribution in [0.5, 0.6) is 0 Å². The molecule has 1 aromatic carbocycles. The first-order valence-electron chi connectivity index (χ1n) is 8.48. The number of benzene rings is 1. The molecule has 6 nitrogen and oxygen atoms in total. The molecule has 136 valence electrons. The van der Waals surface area contributed by atoms with Gasteiger partial charge < -0.3 is 14.9 Å². The third kappa shape index (κ3) is 3.27. The molecule has 0 unspecified atom stereocenters. The summed E-state index contributed by atoms with van der Waals surface area (Å²) in [6, 6.07) is 6.75. The number of nitrogens with one attached hydrogen (secondary N) is 1. The Morgan fingerprint density at radius 1 is 1.27 bits per heavy atom. The molecule has 1 aromatic heterocycles. The summed E-state index contributed by atoms with van der Waals surface area (Å²) in [7, 11) is 0. The molecule has 2 N–H and O–H groups in total. The predicted octanol–water partition coefficient (Wildman–Crippen LogP) is 4.19. The van der Waals surface area contributed by atoms with E-state index >= 15 is 0 Å². The van der Waals surface area contributed by atoms with Gasteiger partial charge in [-0.15, -0.1) is 0 Å². The molecule has 1 heterocycles.